The molecule has 1 aliphatic rings. The monoisotopic (exact) mass is 210 g/mol. The lowest BCUT2D eigenvalue weighted by atomic mass is 10.3. The summed E-state index contributed by atoms with van der Waals surface area (Å²) in [7, 11) is 0. The van der Waals surface area contributed by atoms with E-state index < -0.39 is 0 Å². The largest absolute Gasteiger partial charge is 0.506 e. The number of hydrogen-bond acceptors (Lipinski definition) is 4. The molecule has 0 aliphatic carbocycles. The van der Waals surface area contributed by atoms with Crippen LogP contribution in [-0.4, -0.2) is 28.0 Å². The molecule has 1 heterocycles. The average molecular weight is 210 g/mol. The Morgan fingerprint density at radius 3 is 2.40 bits per heavy atom. The van der Waals surface area contributed by atoms with Crippen molar-refractivity contribution >= 4 is 6.72 Å². The van der Waals surface area contributed by atoms with E-state index in [2.05, 4.69) is 11.8 Å². The van der Waals surface area contributed by atoms with E-state index in [1.165, 1.54) is 11.2 Å². The van der Waals surface area contributed by atoms with Gasteiger partial charge in [0.25, 0.3) is 0 Å². The molecule has 0 spiro atoms. The Morgan fingerprint density at radius 2 is 2.00 bits per heavy atom. The van der Waals surface area contributed by atoms with Crippen molar-refractivity contribution in [3.05, 3.63) is 35.9 Å². The van der Waals surface area contributed by atoms with Gasteiger partial charge in [-0.05, 0) is 32.9 Å². The summed E-state index contributed by atoms with van der Waals surface area (Å²) < 4.78 is 0. The van der Waals surface area contributed by atoms with Crippen LogP contribution in [0.2, 0.25) is 0 Å². The van der Waals surface area contributed by atoms with E-state index in [1.807, 2.05) is 13.0 Å². The molecular weight excluding hydrogens is 192 g/mol. The molecule has 2 N–H and O–H groups in total. The quantitative estimate of drug-likeness (QED) is 0.652. The van der Waals surface area contributed by atoms with Crippen molar-refractivity contribution in [2.45, 2.75) is 26.9 Å². The minimum absolute atomic E-state index is 0.167. The minimum atomic E-state index is -0.167. The Balaban J connectivity index is 0.000000423. The fraction of sp³-hybridized carbons (Fsp3) is 0.364. The predicted octanol–water partition coefficient (Wildman–Crippen LogP) is 2.16. The first-order valence-corrected chi connectivity index (χ1v) is 4.70. The summed E-state index contributed by atoms with van der Waals surface area (Å²) in [5.74, 6) is 0.183. The molecule has 0 aromatic carbocycles. The highest BCUT2D eigenvalue weighted by atomic mass is 16.3. The highest BCUT2D eigenvalue weighted by Crippen LogP contribution is 2.14. The first-order chi connectivity index (χ1) is 7.01. The topological polar surface area (TPSA) is 56.1 Å². The number of rotatable bonds is 1. The summed E-state index contributed by atoms with van der Waals surface area (Å²) in [6.07, 6.45) is 6.59. The third kappa shape index (κ3) is 5.70. The zero-order chi connectivity index (χ0) is 11.8. The molecule has 1 rings (SSSR count). The normalized spacial score (nSPS) is 17.3. The zero-order valence-electron chi connectivity index (χ0n) is 9.38. The van der Waals surface area contributed by atoms with E-state index in [-0.39, 0.29) is 11.9 Å². The maximum absolute atomic E-state index is 9.04. The molecule has 0 atom stereocenters. The Labute approximate surface area is 90.5 Å². The van der Waals surface area contributed by atoms with Gasteiger partial charge in [0.2, 0.25) is 0 Å². The third-order valence-electron chi connectivity index (χ3n) is 1.39. The number of hydrazone groups is 1. The van der Waals surface area contributed by atoms with Crippen molar-refractivity contribution in [2.75, 3.05) is 0 Å². The van der Waals surface area contributed by atoms with Gasteiger partial charge in [-0.3, -0.25) is 0 Å². The highest BCUT2D eigenvalue weighted by Gasteiger charge is 2.05. The van der Waals surface area contributed by atoms with Gasteiger partial charge >= 0.3 is 0 Å². The summed E-state index contributed by atoms with van der Waals surface area (Å²) in [6.45, 7) is 8.70. The van der Waals surface area contributed by atoms with Gasteiger partial charge in [-0.25, -0.2) is 5.01 Å². The molecule has 0 unspecified atom stereocenters. The molecule has 0 bridgehead atoms. The molecule has 0 saturated carbocycles. The van der Waals surface area contributed by atoms with E-state index in [0.29, 0.717) is 0 Å². The Morgan fingerprint density at radius 1 is 1.47 bits per heavy atom. The zero-order valence-corrected chi connectivity index (χ0v) is 9.38. The minimum Gasteiger partial charge on any atom is -0.506 e. The SMILES string of the molecule is C=NN1C=C(O)C=C/C1=C/C.CC(C)O. The van der Waals surface area contributed by atoms with Crippen molar-refractivity contribution in [1.82, 2.24) is 5.01 Å². The van der Waals surface area contributed by atoms with E-state index in [4.69, 9.17) is 10.2 Å². The highest BCUT2D eigenvalue weighted by molar-refractivity contribution is 5.32. The van der Waals surface area contributed by atoms with Crippen LogP contribution in [0, 0.1) is 0 Å². The van der Waals surface area contributed by atoms with Gasteiger partial charge in [0.15, 0.2) is 0 Å². The maximum atomic E-state index is 9.04. The molecule has 4 nitrogen and oxygen atoms in total. The van der Waals surface area contributed by atoms with Crippen LogP contribution in [0.1, 0.15) is 20.8 Å². The first-order valence-electron chi connectivity index (χ1n) is 4.70. The standard InChI is InChI=1S/C8H10N2O.C3H8O/c1-3-7-4-5-8(11)6-10(7)9-2;1-3(2)4/h3-6,11H,2H2,1H3;3-4H,1-2H3/b7-3-;. The average Bonchev–Trinajstić information content (AvgIpc) is 2.16. The summed E-state index contributed by atoms with van der Waals surface area (Å²) in [6, 6.07) is 0. The summed E-state index contributed by atoms with van der Waals surface area (Å²) >= 11 is 0. The van der Waals surface area contributed by atoms with E-state index in [1.54, 1.807) is 26.0 Å². The van der Waals surface area contributed by atoms with Crippen LogP contribution in [0.25, 0.3) is 0 Å². The van der Waals surface area contributed by atoms with Crippen molar-refractivity contribution in [1.29, 1.82) is 0 Å². The number of allylic oxidation sites excluding steroid dienone is 3. The Bertz CT molecular complexity index is 288. The molecule has 0 aromatic heterocycles. The molecule has 15 heavy (non-hydrogen) atoms. The van der Waals surface area contributed by atoms with E-state index in [0.717, 1.165) is 5.70 Å². The van der Waals surface area contributed by atoms with Crippen LogP contribution < -0.4 is 0 Å². The van der Waals surface area contributed by atoms with Gasteiger partial charge in [-0.1, -0.05) is 6.08 Å². The number of aliphatic hydroxyl groups is 2. The predicted molar refractivity (Wildman–Crippen MR) is 62.4 cm³/mol. The van der Waals surface area contributed by atoms with Gasteiger partial charge < -0.3 is 10.2 Å². The smallest absolute Gasteiger partial charge is 0.133 e. The lowest BCUT2D eigenvalue weighted by molar-refractivity contribution is 0.216. The van der Waals surface area contributed by atoms with Gasteiger partial charge in [-0.15, -0.1) is 0 Å². The van der Waals surface area contributed by atoms with Crippen LogP contribution in [0.5, 0.6) is 0 Å². The van der Waals surface area contributed by atoms with Crippen molar-refractivity contribution in [3.8, 4) is 0 Å². The van der Waals surface area contributed by atoms with Crippen molar-refractivity contribution in [3.63, 3.8) is 0 Å². The Hall–Kier alpha value is -1.55. The molecule has 0 aromatic rings. The van der Waals surface area contributed by atoms with Crippen LogP contribution in [0.3, 0.4) is 0 Å². The van der Waals surface area contributed by atoms with Gasteiger partial charge in [0, 0.05) is 12.8 Å². The lowest BCUT2D eigenvalue weighted by Gasteiger charge is -2.17. The van der Waals surface area contributed by atoms with Gasteiger partial charge in [0.05, 0.1) is 11.9 Å². The molecule has 1 aliphatic heterocycles. The molecule has 0 amide bonds. The van der Waals surface area contributed by atoms with Gasteiger partial charge in [0.1, 0.15) is 5.76 Å². The second kappa shape index (κ2) is 6.84. The fourth-order valence-electron chi connectivity index (χ4n) is 0.841. The van der Waals surface area contributed by atoms with Crippen LogP contribution in [0.15, 0.2) is 41.0 Å². The number of nitrogens with zero attached hydrogens (tertiary/aromatic N) is 2. The van der Waals surface area contributed by atoms with E-state index >= 15 is 0 Å². The summed E-state index contributed by atoms with van der Waals surface area (Å²) in [4.78, 5) is 0. The fourth-order valence-corrected chi connectivity index (χ4v) is 0.841. The summed E-state index contributed by atoms with van der Waals surface area (Å²) in [5.41, 5.74) is 0.901. The summed E-state index contributed by atoms with van der Waals surface area (Å²) in [5, 5.41) is 22.3. The third-order valence-corrected chi connectivity index (χ3v) is 1.39. The maximum Gasteiger partial charge on any atom is 0.133 e. The van der Waals surface area contributed by atoms with Crippen LogP contribution in [0.4, 0.5) is 0 Å². The lowest BCUT2D eigenvalue weighted by Crippen LogP contribution is -2.10. The van der Waals surface area contributed by atoms with E-state index in [9.17, 15) is 0 Å². The number of hydrogen-bond donors (Lipinski definition) is 2. The molecular formula is C11H18N2O2. The van der Waals surface area contributed by atoms with Crippen molar-refractivity contribution in [2.24, 2.45) is 5.10 Å². The Kier molecular flexibility index (Phi) is 6.13. The molecule has 4 heteroatoms. The second-order valence-electron chi connectivity index (χ2n) is 3.18. The first kappa shape index (κ1) is 13.4. The van der Waals surface area contributed by atoms with Gasteiger partial charge in [-0.2, -0.15) is 5.10 Å². The van der Waals surface area contributed by atoms with Crippen LogP contribution >= 0.6 is 0 Å². The molecule has 0 saturated heterocycles. The second-order valence-corrected chi connectivity index (χ2v) is 3.18. The molecule has 0 radical (unpaired) electrons. The molecule has 84 valence electrons. The van der Waals surface area contributed by atoms with Crippen molar-refractivity contribution < 1.29 is 10.2 Å². The van der Waals surface area contributed by atoms with Crippen LogP contribution in [-0.2, 0) is 0 Å². The number of aliphatic hydroxyl groups excluding tert-OH is 2. The molecule has 0 fully saturated rings.